The lowest BCUT2D eigenvalue weighted by atomic mass is 9.97. The highest BCUT2D eigenvalue weighted by molar-refractivity contribution is 7.89. The van der Waals surface area contributed by atoms with Crippen LogP contribution in [0.2, 0.25) is 0 Å². The molecule has 11 heteroatoms. The number of halogens is 2. The highest BCUT2D eigenvalue weighted by Crippen LogP contribution is 2.41. The molecular weight excluding hydrogens is 514 g/mol. The first kappa shape index (κ1) is 28.2. The summed E-state index contributed by atoms with van der Waals surface area (Å²) >= 11 is 0. The van der Waals surface area contributed by atoms with Gasteiger partial charge in [0, 0.05) is 24.7 Å². The van der Waals surface area contributed by atoms with Gasteiger partial charge in [0.05, 0.1) is 18.2 Å². The lowest BCUT2D eigenvalue weighted by Crippen LogP contribution is -2.40. The first-order valence-electron chi connectivity index (χ1n) is 12.9. The van der Waals surface area contributed by atoms with Crippen LogP contribution in [-0.2, 0) is 10.0 Å². The lowest BCUT2D eigenvalue weighted by molar-refractivity contribution is 0.1000. The molecule has 1 unspecified atom stereocenters. The minimum atomic E-state index is -4.33. The summed E-state index contributed by atoms with van der Waals surface area (Å²) in [6.45, 7) is 10.8. The van der Waals surface area contributed by atoms with E-state index < -0.39 is 34.0 Å². The Bertz CT molecular complexity index is 1320. The van der Waals surface area contributed by atoms with E-state index in [1.807, 2.05) is 32.6 Å². The number of sulfonamides is 1. The van der Waals surface area contributed by atoms with E-state index in [2.05, 4.69) is 11.9 Å². The smallest absolute Gasteiger partial charge is 0.261 e. The van der Waals surface area contributed by atoms with E-state index in [0.29, 0.717) is 19.1 Å². The van der Waals surface area contributed by atoms with E-state index in [9.17, 15) is 17.6 Å². The summed E-state index contributed by atoms with van der Waals surface area (Å²) in [6, 6.07) is 5.14. The maximum absolute atomic E-state index is 15.2. The average molecular weight is 551 g/mol. The fourth-order valence-corrected chi connectivity index (χ4v) is 7.11. The van der Waals surface area contributed by atoms with Crippen molar-refractivity contribution in [3.05, 3.63) is 47.3 Å². The van der Waals surface area contributed by atoms with Gasteiger partial charge in [0.25, 0.3) is 15.9 Å². The van der Waals surface area contributed by atoms with Gasteiger partial charge in [-0.15, -0.1) is 0 Å². The fraction of sp³-hybridized carbons (Fsp3) is 0.556. The number of rotatable bonds is 8. The van der Waals surface area contributed by atoms with Crippen LogP contribution in [0.15, 0.2) is 35.4 Å². The molecule has 0 radical (unpaired) electrons. The largest absolute Gasteiger partial charge is 0.493 e. The zero-order chi connectivity index (χ0) is 28.0. The number of nitrogens with zero attached hydrogens (tertiary/aromatic N) is 3. The Morgan fingerprint density at radius 1 is 1.26 bits per heavy atom. The minimum Gasteiger partial charge on any atom is -0.493 e. The zero-order valence-corrected chi connectivity index (χ0v) is 23.3. The average Bonchev–Trinajstić information content (AvgIpc) is 3.34. The van der Waals surface area contributed by atoms with Gasteiger partial charge >= 0.3 is 0 Å². The number of anilines is 1. The molecule has 1 aromatic carbocycles. The Hall–Kier alpha value is -2.79. The third kappa shape index (κ3) is 5.49. The number of alkyl halides is 1. The van der Waals surface area contributed by atoms with Crippen molar-refractivity contribution in [3.63, 3.8) is 0 Å². The molecule has 0 bridgehead atoms. The summed E-state index contributed by atoms with van der Waals surface area (Å²) in [5.74, 6) is -0.482. The normalized spacial score (nSPS) is 23.8. The van der Waals surface area contributed by atoms with Gasteiger partial charge in [-0.05, 0) is 68.4 Å². The van der Waals surface area contributed by atoms with Crippen molar-refractivity contribution in [1.82, 2.24) is 9.29 Å². The Morgan fingerprint density at radius 2 is 1.97 bits per heavy atom. The van der Waals surface area contributed by atoms with E-state index >= 15 is 4.39 Å². The number of carbonyl (C=O) groups excluding carboxylic acids is 1. The number of carbonyl (C=O) groups is 1. The van der Waals surface area contributed by atoms with E-state index in [1.54, 1.807) is 0 Å². The highest BCUT2D eigenvalue weighted by Gasteiger charge is 2.45. The predicted octanol–water partition coefficient (Wildman–Crippen LogP) is 4.45. The van der Waals surface area contributed by atoms with Gasteiger partial charge in [0.1, 0.15) is 23.6 Å². The summed E-state index contributed by atoms with van der Waals surface area (Å²) < 4.78 is 64.1. The summed E-state index contributed by atoms with van der Waals surface area (Å²) in [4.78, 5) is 18.6. The molecule has 8 nitrogen and oxygen atoms in total. The maximum atomic E-state index is 15.2. The molecule has 2 aliphatic rings. The van der Waals surface area contributed by atoms with E-state index in [0.717, 1.165) is 16.8 Å². The second-order valence-corrected chi connectivity index (χ2v) is 13.2. The Balaban J connectivity index is 1.75. The molecule has 0 spiro atoms. The molecule has 1 aromatic heterocycles. The summed E-state index contributed by atoms with van der Waals surface area (Å²) in [5.41, 5.74) is 5.51. The molecule has 1 amide bonds. The standard InChI is InChI=1S/C27H36F2N4O4S/c1-16(2)15-37-20-11-18(10-19(28)12-20)24-22(29)8-9-33(24)38(35,36)23-7-6-21(25(30)34)26(31-23)32-14-17(3)13-27(32,4)5/h6-7,10-12,16-17,22,24H,8-9,13-15H2,1-5H3,(H2,30,34)/t17-,22-,24?/m0/s1. The Morgan fingerprint density at radius 3 is 2.58 bits per heavy atom. The topological polar surface area (TPSA) is 106 Å². The van der Waals surface area contributed by atoms with Crippen molar-refractivity contribution in [2.24, 2.45) is 17.6 Å². The molecule has 0 saturated carbocycles. The van der Waals surface area contributed by atoms with Crippen LogP contribution in [0, 0.1) is 17.7 Å². The van der Waals surface area contributed by atoms with Crippen molar-refractivity contribution in [2.45, 2.75) is 70.2 Å². The third-order valence-corrected chi connectivity index (χ3v) is 8.90. The van der Waals surface area contributed by atoms with Gasteiger partial charge in [-0.1, -0.05) is 20.8 Å². The molecule has 38 heavy (non-hydrogen) atoms. The maximum Gasteiger partial charge on any atom is 0.261 e. The number of nitrogens with two attached hydrogens (primary N) is 1. The molecule has 4 rings (SSSR count). The number of amides is 1. The second-order valence-electron chi connectivity index (χ2n) is 11.4. The molecule has 2 aromatic rings. The van der Waals surface area contributed by atoms with Crippen molar-refractivity contribution >= 4 is 21.7 Å². The van der Waals surface area contributed by atoms with Crippen LogP contribution in [0.5, 0.6) is 5.75 Å². The van der Waals surface area contributed by atoms with Gasteiger partial charge in [-0.25, -0.2) is 22.2 Å². The van der Waals surface area contributed by atoms with Crippen LogP contribution in [0.3, 0.4) is 0 Å². The molecule has 0 aliphatic carbocycles. The highest BCUT2D eigenvalue weighted by atomic mass is 32.2. The van der Waals surface area contributed by atoms with E-state index in [1.165, 1.54) is 24.3 Å². The lowest BCUT2D eigenvalue weighted by Gasteiger charge is -2.34. The number of hydrogen-bond donors (Lipinski definition) is 1. The van der Waals surface area contributed by atoms with Crippen LogP contribution in [0.25, 0.3) is 0 Å². The zero-order valence-electron chi connectivity index (χ0n) is 22.4. The SMILES string of the molecule is CC(C)COc1cc(F)cc(C2[C@@H](F)CCN2S(=O)(=O)c2ccc(C(N)=O)c(N3C[C@@H](C)CC3(C)C)n2)c1. The first-order valence-corrected chi connectivity index (χ1v) is 14.3. The summed E-state index contributed by atoms with van der Waals surface area (Å²) in [6.07, 6.45) is -0.777. The van der Waals surface area contributed by atoms with Crippen LogP contribution in [0.4, 0.5) is 14.6 Å². The van der Waals surface area contributed by atoms with Crippen molar-refractivity contribution in [3.8, 4) is 5.75 Å². The predicted molar refractivity (Wildman–Crippen MR) is 141 cm³/mol. The van der Waals surface area contributed by atoms with Crippen LogP contribution in [0.1, 0.15) is 69.4 Å². The van der Waals surface area contributed by atoms with Gasteiger partial charge < -0.3 is 15.4 Å². The first-order chi connectivity index (χ1) is 17.7. The number of hydrogen-bond acceptors (Lipinski definition) is 6. The summed E-state index contributed by atoms with van der Waals surface area (Å²) in [7, 11) is -4.33. The molecular formula is C27H36F2N4O4S. The fourth-order valence-electron chi connectivity index (χ4n) is 5.53. The monoisotopic (exact) mass is 550 g/mol. The molecule has 2 fully saturated rings. The Kier molecular flexibility index (Phi) is 7.73. The minimum absolute atomic E-state index is 0.0501. The van der Waals surface area contributed by atoms with Crippen molar-refractivity contribution < 1.29 is 26.7 Å². The van der Waals surface area contributed by atoms with Gasteiger partial charge in [-0.2, -0.15) is 4.31 Å². The van der Waals surface area contributed by atoms with Gasteiger partial charge in [0.2, 0.25) is 0 Å². The number of primary amides is 1. The second kappa shape index (κ2) is 10.4. The Labute approximate surface area is 223 Å². The number of pyridine rings is 1. The van der Waals surface area contributed by atoms with Crippen LogP contribution >= 0.6 is 0 Å². The molecule has 2 N–H and O–H groups in total. The van der Waals surface area contributed by atoms with E-state index in [4.69, 9.17) is 10.5 Å². The van der Waals surface area contributed by atoms with Crippen LogP contribution < -0.4 is 15.4 Å². The van der Waals surface area contributed by atoms with Crippen LogP contribution in [-0.4, -0.2) is 55.0 Å². The molecule has 3 heterocycles. The molecule has 2 aliphatic heterocycles. The number of benzene rings is 1. The third-order valence-electron chi connectivity index (χ3n) is 7.11. The molecule has 3 atom stereocenters. The van der Waals surface area contributed by atoms with Crippen molar-refractivity contribution in [2.75, 3.05) is 24.6 Å². The molecule has 2 saturated heterocycles. The van der Waals surface area contributed by atoms with E-state index in [-0.39, 0.29) is 52.1 Å². The van der Waals surface area contributed by atoms with Gasteiger partial charge in [-0.3, -0.25) is 4.79 Å². The quantitative estimate of drug-likeness (QED) is 0.521. The van der Waals surface area contributed by atoms with Crippen molar-refractivity contribution in [1.29, 1.82) is 0 Å². The number of aromatic nitrogens is 1. The molecule has 208 valence electrons. The number of ether oxygens (including phenoxy) is 1. The van der Waals surface area contributed by atoms with Gasteiger partial charge in [0.15, 0.2) is 5.03 Å². The summed E-state index contributed by atoms with van der Waals surface area (Å²) in [5, 5.41) is -0.320.